The Labute approximate surface area is 176 Å². The average molecular weight is 451 g/mol. The van der Waals surface area contributed by atoms with Gasteiger partial charge in [0.05, 0.1) is 9.99 Å². The Balaban J connectivity index is 1.47. The summed E-state index contributed by atoms with van der Waals surface area (Å²) in [6.07, 6.45) is 3.34. The Hall–Kier alpha value is -2.77. The van der Waals surface area contributed by atoms with Gasteiger partial charge in [0.2, 0.25) is 5.88 Å². The first-order valence-electron chi connectivity index (χ1n) is 9.58. The SMILES string of the molecule is OC(c1ccccc1)c1cccnc1Oc1ccc2c(nnn2CC2CC2)c1Br. The molecule has 1 N–H and O–H groups in total. The Morgan fingerprint density at radius 2 is 1.93 bits per heavy atom. The van der Waals surface area contributed by atoms with Crippen molar-refractivity contribution in [1.82, 2.24) is 20.0 Å². The van der Waals surface area contributed by atoms with Crippen LogP contribution in [0.5, 0.6) is 11.6 Å². The second-order valence-electron chi connectivity index (χ2n) is 7.27. The summed E-state index contributed by atoms with van der Waals surface area (Å²) < 4.78 is 8.77. The van der Waals surface area contributed by atoms with Crippen LogP contribution in [-0.2, 0) is 6.54 Å². The molecule has 2 aromatic carbocycles. The largest absolute Gasteiger partial charge is 0.437 e. The Bertz CT molecular complexity index is 1160. The standard InChI is InChI=1S/C22H19BrN4O2/c23-19-18(11-10-17-20(19)25-26-27(17)13-14-8-9-14)29-22-16(7-4-12-24-22)21(28)15-5-2-1-3-6-15/h1-7,10-12,14,21,28H,8-9,13H2. The minimum Gasteiger partial charge on any atom is -0.437 e. The minimum atomic E-state index is -0.832. The normalized spacial score (nSPS) is 14.8. The molecule has 2 aromatic heterocycles. The third-order valence-electron chi connectivity index (χ3n) is 5.14. The Morgan fingerprint density at radius 3 is 2.72 bits per heavy atom. The molecule has 1 saturated carbocycles. The van der Waals surface area contributed by atoms with E-state index in [-0.39, 0.29) is 0 Å². The molecular weight excluding hydrogens is 432 g/mol. The number of halogens is 1. The fourth-order valence-corrected chi connectivity index (χ4v) is 3.86. The van der Waals surface area contributed by atoms with E-state index in [4.69, 9.17) is 4.74 Å². The summed E-state index contributed by atoms with van der Waals surface area (Å²) in [5.74, 6) is 1.65. The lowest BCUT2D eigenvalue weighted by atomic mass is 10.0. The van der Waals surface area contributed by atoms with Crippen molar-refractivity contribution in [2.24, 2.45) is 5.92 Å². The van der Waals surface area contributed by atoms with Crippen molar-refractivity contribution < 1.29 is 9.84 Å². The molecule has 146 valence electrons. The Morgan fingerprint density at radius 1 is 1.10 bits per heavy atom. The highest BCUT2D eigenvalue weighted by Gasteiger charge is 2.24. The molecule has 0 spiro atoms. The smallest absolute Gasteiger partial charge is 0.225 e. The van der Waals surface area contributed by atoms with Gasteiger partial charge in [-0.25, -0.2) is 9.67 Å². The maximum Gasteiger partial charge on any atom is 0.225 e. The molecule has 1 aliphatic carbocycles. The van der Waals surface area contributed by atoms with Crippen LogP contribution in [0.25, 0.3) is 11.0 Å². The average Bonchev–Trinajstić information content (AvgIpc) is 3.49. The number of pyridine rings is 1. The highest BCUT2D eigenvalue weighted by molar-refractivity contribution is 9.10. The van der Waals surface area contributed by atoms with Crippen LogP contribution in [0.4, 0.5) is 0 Å². The maximum atomic E-state index is 10.8. The first kappa shape index (κ1) is 18.3. The molecule has 6 nitrogen and oxygen atoms in total. The van der Waals surface area contributed by atoms with Gasteiger partial charge in [0.25, 0.3) is 0 Å². The second-order valence-corrected chi connectivity index (χ2v) is 8.07. The predicted octanol–water partition coefficient (Wildman–Crippen LogP) is 4.87. The van der Waals surface area contributed by atoms with Gasteiger partial charge in [0.1, 0.15) is 17.4 Å². The van der Waals surface area contributed by atoms with Crippen LogP contribution in [0.15, 0.2) is 65.3 Å². The lowest BCUT2D eigenvalue weighted by Crippen LogP contribution is -2.03. The van der Waals surface area contributed by atoms with Crippen LogP contribution in [0.3, 0.4) is 0 Å². The third-order valence-corrected chi connectivity index (χ3v) is 5.90. The number of benzene rings is 2. The van der Waals surface area contributed by atoms with Gasteiger partial charge in [0.15, 0.2) is 0 Å². The van der Waals surface area contributed by atoms with Crippen molar-refractivity contribution in [3.05, 3.63) is 76.4 Å². The number of nitrogens with zero attached hydrogens (tertiary/aromatic N) is 4. The first-order chi connectivity index (χ1) is 14.2. The van der Waals surface area contributed by atoms with Crippen molar-refractivity contribution in [1.29, 1.82) is 0 Å². The van der Waals surface area contributed by atoms with Crippen LogP contribution in [0, 0.1) is 5.92 Å². The zero-order chi connectivity index (χ0) is 19.8. The van der Waals surface area contributed by atoms with Crippen LogP contribution in [0.2, 0.25) is 0 Å². The number of hydrogen-bond acceptors (Lipinski definition) is 5. The molecule has 29 heavy (non-hydrogen) atoms. The minimum absolute atomic E-state index is 0.356. The van der Waals surface area contributed by atoms with E-state index in [9.17, 15) is 5.11 Å². The fourth-order valence-electron chi connectivity index (χ4n) is 3.36. The molecule has 0 aliphatic heterocycles. The summed E-state index contributed by atoms with van der Waals surface area (Å²) in [6.45, 7) is 0.900. The molecule has 7 heteroatoms. The third kappa shape index (κ3) is 3.63. The summed E-state index contributed by atoms with van der Waals surface area (Å²) in [4.78, 5) is 4.35. The summed E-state index contributed by atoms with van der Waals surface area (Å²) >= 11 is 3.61. The molecule has 1 atom stereocenters. The van der Waals surface area contributed by atoms with Gasteiger partial charge < -0.3 is 9.84 Å². The molecule has 4 aromatic rings. The number of aliphatic hydroxyl groups excluding tert-OH is 1. The molecule has 2 heterocycles. The monoisotopic (exact) mass is 450 g/mol. The molecule has 0 bridgehead atoms. The molecule has 0 saturated heterocycles. The number of rotatable bonds is 6. The topological polar surface area (TPSA) is 73.1 Å². The molecular formula is C22H19BrN4O2. The van der Waals surface area contributed by atoms with E-state index in [1.54, 1.807) is 12.3 Å². The van der Waals surface area contributed by atoms with Gasteiger partial charge in [-0.1, -0.05) is 35.5 Å². The van der Waals surface area contributed by atoms with Gasteiger partial charge in [-0.2, -0.15) is 0 Å². The fraction of sp³-hybridized carbons (Fsp3) is 0.227. The van der Waals surface area contributed by atoms with Crippen LogP contribution < -0.4 is 4.74 Å². The zero-order valence-electron chi connectivity index (χ0n) is 15.6. The summed E-state index contributed by atoms with van der Waals surface area (Å²) in [7, 11) is 0. The lowest BCUT2D eigenvalue weighted by molar-refractivity contribution is 0.215. The number of ether oxygens (including phenoxy) is 1. The van der Waals surface area contributed by atoms with Gasteiger partial charge in [0, 0.05) is 18.3 Å². The quantitative estimate of drug-likeness (QED) is 0.453. The van der Waals surface area contributed by atoms with E-state index in [0.29, 0.717) is 23.1 Å². The van der Waals surface area contributed by atoms with Crippen molar-refractivity contribution in [3.63, 3.8) is 0 Å². The van der Waals surface area contributed by atoms with E-state index in [0.717, 1.165) is 27.6 Å². The maximum absolute atomic E-state index is 10.8. The molecule has 1 unspecified atom stereocenters. The lowest BCUT2D eigenvalue weighted by Gasteiger charge is -2.16. The Kier molecular flexibility index (Phi) is 4.77. The van der Waals surface area contributed by atoms with Gasteiger partial charge in [-0.3, -0.25) is 0 Å². The molecule has 1 fully saturated rings. The number of aliphatic hydroxyl groups is 1. The van der Waals surface area contributed by atoms with E-state index in [1.165, 1.54) is 12.8 Å². The van der Waals surface area contributed by atoms with Crippen molar-refractivity contribution in [2.75, 3.05) is 0 Å². The van der Waals surface area contributed by atoms with Gasteiger partial charge in [-0.05, 0) is 64.5 Å². The van der Waals surface area contributed by atoms with E-state index < -0.39 is 6.10 Å². The first-order valence-corrected chi connectivity index (χ1v) is 10.4. The van der Waals surface area contributed by atoms with Crippen molar-refractivity contribution in [2.45, 2.75) is 25.5 Å². The number of fused-ring (bicyclic) bond motifs is 1. The van der Waals surface area contributed by atoms with Gasteiger partial charge in [-0.15, -0.1) is 5.10 Å². The van der Waals surface area contributed by atoms with Gasteiger partial charge >= 0.3 is 0 Å². The summed E-state index contributed by atoms with van der Waals surface area (Å²) in [6, 6.07) is 16.9. The molecule has 0 amide bonds. The summed E-state index contributed by atoms with van der Waals surface area (Å²) in [5, 5.41) is 19.4. The highest BCUT2D eigenvalue weighted by Crippen LogP contribution is 2.38. The second kappa shape index (κ2) is 7.57. The number of hydrogen-bond donors (Lipinski definition) is 1. The molecule has 5 rings (SSSR count). The van der Waals surface area contributed by atoms with E-state index in [2.05, 4.69) is 31.2 Å². The molecule has 0 radical (unpaired) electrons. The highest BCUT2D eigenvalue weighted by atomic mass is 79.9. The van der Waals surface area contributed by atoms with Crippen molar-refractivity contribution in [3.8, 4) is 11.6 Å². The van der Waals surface area contributed by atoms with Crippen LogP contribution in [0.1, 0.15) is 30.1 Å². The zero-order valence-corrected chi connectivity index (χ0v) is 17.2. The molecule has 1 aliphatic rings. The predicted molar refractivity (Wildman–Crippen MR) is 113 cm³/mol. The van der Waals surface area contributed by atoms with Crippen LogP contribution >= 0.6 is 15.9 Å². The number of aromatic nitrogens is 4. The summed E-state index contributed by atoms with van der Waals surface area (Å²) in [5.41, 5.74) is 3.11. The van der Waals surface area contributed by atoms with Crippen molar-refractivity contribution >= 4 is 27.0 Å². The van der Waals surface area contributed by atoms with Crippen LogP contribution in [-0.4, -0.2) is 25.1 Å². The van der Waals surface area contributed by atoms with E-state index in [1.807, 2.05) is 53.2 Å². The van der Waals surface area contributed by atoms with E-state index >= 15 is 0 Å².